The Hall–Kier alpha value is -1.41. The van der Waals surface area contributed by atoms with Crippen molar-refractivity contribution >= 4 is 0 Å². The molecule has 4 nitrogen and oxygen atoms in total. The van der Waals surface area contributed by atoms with Crippen LogP contribution in [0.4, 0.5) is 0 Å². The third-order valence-electron chi connectivity index (χ3n) is 3.79. The highest BCUT2D eigenvalue weighted by Gasteiger charge is 2.30. The summed E-state index contributed by atoms with van der Waals surface area (Å²) in [5.41, 5.74) is 1.98. The van der Waals surface area contributed by atoms with Crippen molar-refractivity contribution in [2.24, 2.45) is 0 Å². The number of nitrogens with zero attached hydrogens (tertiary/aromatic N) is 2. The Labute approximate surface area is 107 Å². The van der Waals surface area contributed by atoms with Gasteiger partial charge in [0.05, 0.1) is 30.9 Å². The van der Waals surface area contributed by atoms with Crippen LogP contribution in [-0.4, -0.2) is 43.8 Å². The molecule has 1 atom stereocenters. The average molecular weight is 243 g/mol. The highest BCUT2D eigenvalue weighted by atomic mass is 16.5. The number of nitrogens with one attached hydrogen (secondary N) is 1. The molecule has 0 spiro atoms. The van der Waals surface area contributed by atoms with Crippen molar-refractivity contribution < 1.29 is 4.74 Å². The summed E-state index contributed by atoms with van der Waals surface area (Å²) in [5.74, 6) is 0. The Morgan fingerprint density at radius 2 is 2.06 bits per heavy atom. The van der Waals surface area contributed by atoms with Crippen LogP contribution < -0.4 is 5.32 Å². The van der Waals surface area contributed by atoms with Crippen molar-refractivity contribution in [3.63, 3.8) is 0 Å². The van der Waals surface area contributed by atoms with Gasteiger partial charge in [0.2, 0.25) is 0 Å². The monoisotopic (exact) mass is 243 g/mol. The topological polar surface area (TPSA) is 48.3 Å². The van der Waals surface area contributed by atoms with Gasteiger partial charge in [-0.1, -0.05) is 12.1 Å². The van der Waals surface area contributed by atoms with E-state index in [2.05, 4.69) is 28.4 Å². The molecule has 1 aromatic rings. The molecule has 2 heterocycles. The quantitative estimate of drug-likeness (QED) is 0.838. The van der Waals surface area contributed by atoms with Crippen molar-refractivity contribution in [3.8, 4) is 6.07 Å². The maximum Gasteiger partial charge on any atom is 0.0991 e. The normalized spacial score (nSPS) is 25.4. The lowest BCUT2D eigenvalue weighted by Gasteiger charge is -2.42. The van der Waals surface area contributed by atoms with Gasteiger partial charge >= 0.3 is 0 Å². The molecular formula is C14H17N3O. The molecule has 0 aliphatic carbocycles. The van der Waals surface area contributed by atoms with Gasteiger partial charge in [-0.3, -0.25) is 4.90 Å². The van der Waals surface area contributed by atoms with Gasteiger partial charge in [-0.2, -0.15) is 5.26 Å². The fourth-order valence-electron chi connectivity index (χ4n) is 2.55. The van der Waals surface area contributed by atoms with Gasteiger partial charge in [-0.25, -0.2) is 0 Å². The lowest BCUT2D eigenvalue weighted by Crippen LogP contribution is -2.56. The summed E-state index contributed by atoms with van der Waals surface area (Å²) < 4.78 is 5.26. The van der Waals surface area contributed by atoms with Crippen LogP contribution in [0.3, 0.4) is 0 Å². The molecule has 0 aromatic heterocycles. The number of nitriles is 1. The molecule has 1 N–H and O–H groups in total. The molecule has 2 aliphatic heterocycles. The molecule has 18 heavy (non-hydrogen) atoms. The molecule has 4 heteroatoms. The molecule has 0 radical (unpaired) electrons. The van der Waals surface area contributed by atoms with Gasteiger partial charge in [0.25, 0.3) is 0 Å². The molecule has 2 aliphatic rings. The van der Waals surface area contributed by atoms with E-state index in [1.807, 2.05) is 12.1 Å². The molecule has 1 aromatic carbocycles. The summed E-state index contributed by atoms with van der Waals surface area (Å²) in [5, 5.41) is 12.3. The third-order valence-corrected chi connectivity index (χ3v) is 3.79. The number of hydrogen-bond donors (Lipinski definition) is 1. The minimum Gasteiger partial charge on any atom is -0.378 e. The largest absolute Gasteiger partial charge is 0.378 e. The molecule has 2 saturated heterocycles. The highest BCUT2D eigenvalue weighted by Crippen LogP contribution is 2.21. The van der Waals surface area contributed by atoms with Crippen LogP contribution in [0.1, 0.15) is 17.2 Å². The highest BCUT2D eigenvalue weighted by molar-refractivity contribution is 5.33. The summed E-state index contributed by atoms with van der Waals surface area (Å²) in [6.45, 7) is 4.89. The number of rotatable bonds is 2. The number of piperazine rings is 1. The van der Waals surface area contributed by atoms with E-state index in [1.165, 1.54) is 5.56 Å². The molecule has 94 valence electrons. The van der Waals surface area contributed by atoms with Gasteiger partial charge in [0.15, 0.2) is 0 Å². The van der Waals surface area contributed by atoms with Crippen LogP contribution in [0, 0.1) is 11.3 Å². The van der Waals surface area contributed by atoms with E-state index in [9.17, 15) is 0 Å². The van der Waals surface area contributed by atoms with Crippen molar-refractivity contribution in [2.75, 3.05) is 32.8 Å². The van der Waals surface area contributed by atoms with Gasteiger partial charge in [-0.05, 0) is 17.7 Å². The summed E-state index contributed by atoms with van der Waals surface area (Å²) >= 11 is 0. The van der Waals surface area contributed by atoms with Crippen LogP contribution in [0.2, 0.25) is 0 Å². The predicted octanol–water partition coefficient (Wildman–Crippen LogP) is 0.903. The first-order valence-corrected chi connectivity index (χ1v) is 6.42. The molecule has 0 bridgehead atoms. The van der Waals surface area contributed by atoms with Gasteiger partial charge in [0.1, 0.15) is 0 Å². The number of ether oxygens (including phenoxy) is 1. The number of hydrogen-bond acceptors (Lipinski definition) is 4. The SMILES string of the molecule is N#Cc1ccc(C2CN(C3COC3)CCN2)cc1. The molecule has 3 rings (SSSR count). The zero-order chi connectivity index (χ0) is 12.4. The molecule has 0 saturated carbocycles. The van der Waals surface area contributed by atoms with Crippen LogP contribution in [-0.2, 0) is 4.74 Å². The van der Waals surface area contributed by atoms with Crippen LogP contribution >= 0.6 is 0 Å². The lowest BCUT2D eigenvalue weighted by atomic mass is 10.0. The molecular weight excluding hydrogens is 226 g/mol. The zero-order valence-electron chi connectivity index (χ0n) is 10.3. The van der Waals surface area contributed by atoms with Crippen molar-refractivity contribution in [2.45, 2.75) is 12.1 Å². The van der Waals surface area contributed by atoms with Gasteiger partial charge < -0.3 is 10.1 Å². The molecule has 0 amide bonds. The molecule has 1 unspecified atom stereocenters. The van der Waals surface area contributed by atoms with Crippen LogP contribution in [0.15, 0.2) is 24.3 Å². The maximum atomic E-state index is 8.81. The summed E-state index contributed by atoms with van der Waals surface area (Å²) in [7, 11) is 0. The number of benzene rings is 1. The van der Waals surface area contributed by atoms with E-state index in [-0.39, 0.29) is 0 Å². The van der Waals surface area contributed by atoms with Crippen molar-refractivity contribution in [3.05, 3.63) is 35.4 Å². The van der Waals surface area contributed by atoms with Crippen LogP contribution in [0.25, 0.3) is 0 Å². The maximum absolute atomic E-state index is 8.81. The lowest BCUT2D eigenvalue weighted by molar-refractivity contribution is -0.0723. The minimum atomic E-state index is 0.368. The van der Waals surface area contributed by atoms with E-state index >= 15 is 0 Å². The van der Waals surface area contributed by atoms with E-state index in [0.717, 1.165) is 38.4 Å². The predicted molar refractivity (Wildman–Crippen MR) is 68.1 cm³/mol. The first-order valence-electron chi connectivity index (χ1n) is 6.42. The minimum absolute atomic E-state index is 0.368. The standard InChI is InChI=1S/C14H17N3O/c15-7-11-1-3-12(4-2-11)14-8-17(6-5-16-14)13-9-18-10-13/h1-4,13-14,16H,5-6,8-10H2. The second-order valence-corrected chi connectivity index (χ2v) is 4.93. The zero-order valence-corrected chi connectivity index (χ0v) is 10.3. The summed E-state index contributed by atoms with van der Waals surface area (Å²) in [6.07, 6.45) is 0. The van der Waals surface area contributed by atoms with Crippen LogP contribution in [0.5, 0.6) is 0 Å². The second kappa shape index (κ2) is 5.07. The first-order chi connectivity index (χ1) is 8.86. The third kappa shape index (κ3) is 2.25. The Balaban J connectivity index is 1.69. The fraction of sp³-hybridized carbons (Fsp3) is 0.500. The Bertz CT molecular complexity index is 447. The smallest absolute Gasteiger partial charge is 0.0991 e. The van der Waals surface area contributed by atoms with Gasteiger partial charge in [0, 0.05) is 25.7 Å². The Morgan fingerprint density at radius 1 is 1.28 bits per heavy atom. The molecule has 2 fully saturated rings. The second-order valence-electron chi connectivity index (χ2n) is 4.93. The fourth-order valence-corrected chi connectivity index (χ4v) is 2.55. The van der Waals surface area contributed by atoms with Crippen molar-refractivity contribution in [1.82, 2.24) is 10.2 Å². The van der Waals surface area contributed by atoms with Gasteiger partial charge in [-0.15, -0.1) is 0 Å². The Kier molecular flexibility index (Phi) is 3.28. The Morgan fingerprint density at radius 3 is 2.67 bits per heavy atom. The summed E-state index contributed by atoms with van der Waals surface area (Å²) in [4.78, 5) is 2.50. The summed E-state index contributed by atoms with van der Waals surface area (Å²) in [6, 6.07) is 11.0. The van der Waals surface area contributed by atoms with Crippen molar-refractivity contribution in [1.29, 1.82) is 5.26 Å². The van der Waals surface area contributed by atoms with E-state index in [0.29, 0.717) is 12.1 Å². The van der Waals surface area contributed by atoms with E-state index in [1.54, 1.807) is 0 Å². The van der Waals surface area contributed by atoms with E-state index in [4.69, 9.17) is 10.00 Å². The first kappa shape index (κ1) is 11.7. The average Bonchev–Trinajstić information content (AvgIpc) is 2.37. The van der Waals surface area contributed by atoms with E-state index < -0.39 is 0 Å².